The summed E-state index contributed by atoms with van der Waals surface area (Å²) in [7, 11) is 0. The van der Waals surface area contributed by atoms with Gasteiger partial charge in [-0.05, 0) is 18.4 Å². The molecular formula is C16H19N5O2S. The smallest absolute Gasteiger partial charge is 0.237 e. The zero-order valence-corrected chi connectivity index (χ0v) is 14.0. The van der Waals surface area contributed by atoms with Crippen molar-refractivity contribution in [2.75, 3.05) is 5.75 Å². The molecular weight excluding hydrogens is 326 g/mol. The SMILES string of the molecule is NC(=O)Cn1c(SCC(=O)NCc2ccccc2)nnc1C1CC1. The number of hydrogen-bond acceptors (Lipinski definition) is 5. The maximum Gasteiger partial charge on any atom is 0.237 e. The summed E-state index contributed by atoms with van der Waals surface area (Å²) < 4.78 is 1.73. The highest BCUT2D eigenvalue weighted by molar-refractivity contribution is 7.99. The van der Waals surface area contributed by atoms with Gasteiger partial charge < -0.3 is 11.1 Å². The second kappa shape index (κ2) is 7.48. The van der Waals surface area contributed by atoms with E-state index in [4.69, 9.17) is 5.73 Å². The number of carbonyl (C=O) groups is 2. The van der Waals surface area contributed by atoms with E-state index in [0.717, 1.165) is 24.2 Å². The lowest BCUT2D eigenvalue weighted by Gasteiger charge is -2.08. The highest BCUT2D eigenvalue weighted by atomic mass is 32.2. The summed E-state index contributed by atoms with van der Waals surface area (Å²) in [5, 5.41) is 11.7. The van der Waals surface area contributed by atoms with Gasteiger partial charge in [-0.15, -0.1) is 10.2 Å². The van der Waals surface area contributed by atoms with Gasteiger partial charge in [0.2, 0.25) is 11.8 Å². The standard InChI is InChI=1S/C16H19N5O2S/c17-13(22)9-21-15(12-6-7-12)19-20-16(21)24-10-14(23)18-8-11-4-2-1-3-5-11/h1-5,12H,6-10H2,(H2,17,22)(H,18,23). The Labute approximate surface area is 144 Å². The molecule has 24 heavy (non-hydrogen) atoms. The summed E-state index contributed by atoms with van der Waals surface area (Å²) in [6, 6.07) is 9.71. The fraction of sp³-hybridized carbons (Fsp3) is 0.375. The van der Waals surface area contributed by atoms with Crippen LogP contribution in [0.2, 0.25) is 0 Å². The van der Waals surface area contributed by atoms with Crippen molar-refractivity contribution in [1.82, 2.24) is 20.1 Å². The summed E-state index contributed by atoms with van der Waals surface area (Å²) in [4.78, 5) is 23.3. The number of thioether (sulfide) groups is 1. The van der Waals surface area contributed by atoms with Crippen molar-refractivity contribution >= 4 is 23.6 Å². The van der Waals surface area contributed by atoms with Gasteiger partial charge in [0.25, 0.3) is 0 Å². The van der Waals surface area contributed by atoms with Crippen molar-refractivity contribution in [1.29, 1.82) is 0 Å². The molecule has 1 aliphatic carbocycles. The second-order valence-electron chi connectivity index (χ2n) is 5.72. The minimum atomic E-state index is -0.438. The molecule has 3 N–H and O–H groups in total. The molecule has 3 rings (SSSR count). The van der Waals surface area contributed by atoms with Gasteiger partial charge >= 0.3 is 0 Å². The van der Waals surface area contributed by atoms with E-state index < -0.39 is 5.91 Å². The lowest BCUT2D eigenvalue weighted by Crippen LogP contribution is -2.25. The average Bonchev–Trinajstić information content (AvgIpc) is 3.34. The molecule has 0 spiro atoms. The third-order valence-electron chi connectivity index (χ3n) is 3.67. The van der Waals surface area contributed by atoms with E-state index in [2.05, 4.69) is 15.5 Å². The molecule has 0 bridgehead atoms. The van der Waals surface area contributed by atoms with Crippen LogP contribution in [0, 0.1) is 0 Å². The van der Waals surface area contributed by atoms with Gasteiger partial charge in [0, 0.05) is 12.5 Å². The quantitative estimate of drug-likeness (QED) is 0.696. The maximum absolute atomic E-state index is 12.0. The molecule has 1 heterocycles. The molecule has 0 unspecified atom stereocenters. The predicted octanol–water partition coefficient (Wildman–Crippen LogP) is 1.05. The van der Waals surface area contributed by atoms with E-state index in [0.29, 0.717) is 17.6 Å². The number of primary amides is 1. The van der Waals surface area contributed by atoms with Crippen molar-refractivity contribution in [2.45, 2.75) is 37.0 Å². The molecule has 0 saturated heterocycles. The number of amides is 2. The van der Waals surface area contributed by atoms with Crippen molar-refractivity contribution in [3.05, 3.63) is 41.7 Å². The molecule has 0 aliphatic heterocycles. The number of nitrogens with two attached hydrogens (primary N) is 1. The number of carbonyl (C=O) groups excluding carboxylic acids is 2. The molecule has 1 aliphatic rings. The molecule has 1 fully saturated rings. The summed E-state index contributed by atoms with van der Waals surface area (Å²) in [6.45, 7) is 0.536. The van der Waals surface area contributed by atoms with Crippen LogP contribution in [0.4, 0.5) is 0 Å². The van der Waals surface area contributed by atoms with Crippen molar-refractivity contribution < 1.29 is 9.59 Å². The van der Waals surface area contributed by atoms with Crippen LogP contribution in [0.1, 0.15) is 30.1 Å². The lowest BCUT2D eigenvalue weighted by molar-refractivity contribution is -0.119. The van der Waals surface area contributed by atoms with E-state index in [-0.39, 0.29) is 18.2 Å². The number of aromatic nitrogens is 3. The van der Waals surface area contributed by atoms with E-state index in [1.54, 1.807) is 4.57 Å². The number of rotatable bonds is 8. The molecule has 0 atom stereocenters. The van der Waals surface area contributed by atoms with Gasteiger partial charge in [-0.2, -0.15) is 0 Å². The molecule has 1 aromatic carbocycles. The molecule has 126 valence electrons. The second-order valence-corrected chi connectivity index (χ2v) is 6.66. The van der Waals surface area contributed by atoms with Crippen LogP contribution in [0.3, 0.4) is 0 Å². The van der Waals surface area contributed by atoms with E-state index in [1.807, 2.05) is 30.3 Å². The minimum absolute atomic E-state index is 0.0484. The largest absolute Gasteiger partial charge is 0.368 e. The Hall–Kier alpha value is -2.35. The van der Waals surface area contributed by atoms with Gasteiger partial charge in [0.15, 0.2) is 5.16 Å². The topological polar surface area (TPSA) is 103 Å². The third-order valence-corrected chi connectivity index (χ3v) is 4.63. The Morgan fingerprint density at radius 2 is 2.00 bits per heavy atom. The van der Waals surface area contributed by atoms with Crippen LogP contribution in [0.15, 0.2) is 35.5 Å². The van der Waals surface area contributed by atoms with Gasteiger partial charge in [-0.3, -0.25) is 14.2 Å². The van der Waals surface area contributed by atoms with Crippen molar-refractivity contribution in [2.24, 2.45) is 5.73 Å². The number of benzene rings is 1. The molecule has 2 aromatic rings. The lowest BCUT2D eigenvalue weighted by atomic mass is 10.2. The Balaban J connectivity index is 1.55. The summed E-state index contributed by atoms with van der Waals surface area (Å²) in [5.41, 5.74) is 6.35. The molecule has 7 nitrogen and oxygen atoms in total. The number of nitrogens with one attached hydrogen (secondary N) is 1. The first-order chi connectivity index (χ1) is 11.6. The van der Waals surface area contributed by atoms with Crippen LogP contribution >= 0.6 is 11.8 Å². The Morgan fingerprint density at radius 3 is 2.67 bits per heavy atom. The number of hydrogen-bond donors (Lipinski definition) is 2. The van der Waals surface area contributed by atoms with E-state index in [9.17, 15) is 9.59 Å². The van der Waals surface area contributed by atoms with Crippen LogP contribution < -0.4 is 11.1 Å². The number of nitrogens with zero attached hydrogens (tertiary/aromatic N) is 3. The molecule has 1 aromatic heterocycles. The molecule has 2 amide bonds. The maximum atomic E-state index is 12.0. The Kier molecular flexibility index (Phi) is 5.14. The first-order valence-corrected chi connectivity index (χ1v) is 8.77. The predicted molar refractivity (Wildman–Crippen MR) is 90.2 cm³/mol. The van der Waals surface area contributed by atoms with Gasteiger partial charge in [-0.25, -0.2) is 0 Å². The summed E-state index contributed by atoms with van der Waals surface area (Å²) in [6.07, 6.45) is 2.11. The normalized spacial score (nSPS) is 13.7. The van der Waals surface area contributed by atoms with Crippen molar-refractivity contribution in [3.8, 4) is 0 Å². The van der Waals surface area contributed by atoms with Gasteiger partial charge in [0.1, 0.15) is 12.4 Å². The molecule has 0 radical (unpaired) electrons. The highest BCUT2D eigenvalue weighted by Gasteiger charge is 2.30. The van der Waals surface area contributed by atoms with Crippen LogP contribution in [0.5, 0.6) is 0 Å². The summed E-state index contributed by atoms with van der Waals surface area (Å²) in [5.74, 6) is 0.839. The molecule has 8 heteroatoms. The zero-order valence-electron chi connectivity index (χ0n) is 13.1. The van der Waals surface area contributed by atoms with Crippen molar-refractivity contribution in [3.63, 3.8) is 0 Å². The van der Waals surface area contributed by atoms with E-state index in [1.165, 1.54) is 11.8 Å². The first-order valence-electron chi connectivity index (χ1n) is 7.78. The minimum Gasteiger partial charge on any atom is -0.368 e. The van der Waals surface area contributed by atoms with Gasteiger partial charge in [-0.1, -0.05) is 42.1 Å². The molecule has 1 saturated carbocycles. The fourth-order valence-electron chi connectivity index (χ4n) is 2.33. The van der Waals surface area contributed by atoms with Crippen LogP contribution in [-0.4, -0.2) is 32.3 Å². The first kappa shape index (κ1) is 16.5. The highest BCUT2D eigenvalue weighted by Crippen LogP contribution is 2.39. The van der Waals surface area contributed by atoms with Gasteiger partial charge in [0.05, 0.1) is 5.75 Å². The Morgan fingerprint density at radius 1 is 1.25 bits per heavy atom. The third kappa shape index (κ3) is 4.35. The monoisotopic (exact) mass is 345 g/mol. The Bertz CT molecular complexity index is 727. The van der Waals surface area contributed by atoms with Crippen LogP contribution in [-0.2, 0) is 22.7 Å². The fourth-order valence-corrected chi connectivity index (χ4v) is 3.11. The van der Waals surface area contributed by atoms with E-state index >= 15 is 0 Å². The summed E-state index contributed by atoms with van der Waals surface area (Å²) >= 11 is 1.27. The average molecular weight is 345 g/mol. The zero-order chi connectivity index (χ0) is 16.9. The van der Waals surface area contributed by atoms with Crippen LogP contribution in [0.25, 0.3) is 0 Å².